The minimum atomic E-state index is -0.0864. The van der Waals surface area contributed by atoms with Crippen molar-refractivity contribution in [1.29, 1.82) is 0 Å². The van der Waals surface area contributed by atoms with Gasteiger partial charge in [-0.15, -0.1) is 0 Å². The van der Waals surface area contributed by atoms with Crippen molar-refractivity contribution in [2.45, 2.75) is 19.4 Å². The number of carbonyl (C=O) groups is 1. The molecular formula is C19H21N3O. The highest BCUT2D eigenvalue weighted by Gasteiger charge is 2.12. The quantitative estimate of drug-likeness (QED) is 0.884. The molecule has 4 nitrogen and oxygen atoms in total. The molecule has 0 radical (unpaired) electrons. The maximum atomic E-state index is 11.9. The Bertz CT molecular complexity index is 710. The van der Waals surface area contributed by atoms with Crippen LogP contribution in [-0.4, -0.2) is 24.5 Å². The lowest BCUT2D eigenvalue weighted by Crippen LogP contribution is -2.24. The van der Waals surface area contributed by atoms with Crippen molar-refractivity contribution in [3.05, 3.63) is 65.5 Å². The highest BCUT2D eigenvalue weighted by atomic mass is 16.1. The first kappa shape index (κ1) is 15.3. The average Bonchev–Trinajstić information content (AvgIpc) is 2.59. The zero-order valence-corrected chi connectivity index (χ0v) is 13.3. The van der Waals surface area contributed by atoms with E-state index >= 15 is 0 Å². The van der Waals surface area contributed by atoms with Crippen LogP contribution in [-0.2, 0) is 17.8 Å². The van der Waals surface area contributed by atoms with E-state index in [1.54, 1.807) is 18.5 Å². The summed E-state index contributed by atoms with van der Waals surface area (Å²) in [6, 6.07) is 10.2. The molecule has 1 aliphatic rings. The molecule has 2 heterocycles. The lowest BCUT2D eigenvalue weighted by Gasteiger charge is -2.27. The molecule has 0 saturated heterocycles. The Labute approximate surface area is 136 Å². The Kier molecular flexibility index (Phi) is 4.71. The summed E-state index contributed by atoms with van der Waals surface area (Å²) in [5, 5.41) is 2.88. The fourth-order valence-corrected chi connectivity index (χ4v) is 2.83. The van der Waals surface area contributed by atoms with Crippen LogP contribution in [0.3, 0.4) is 0 Å². The summed E-state index contributed by atoms with van der Waals surface area (Å²) in [6.07, 6.45) is 9.20. The second-order valence-electron chi connectivity index (χ2n) is 5.82. The molecule has 2 aromatic rings. The van der Waals surface area contributed by atoms with Crippen molar-refractivity contribution in [3.8, 4) is 0 Å². The molecule has 118 valence electrons. The van der Waals surface area contributed by atoms with E-state index in [1.807, 2.05) is 18.2 Å². The van der Waals surface area contributed by atoms with Crippen LogP contribution in [0.1, 0.15) is 23.1 Å². The van der Waals surface area contributed by atoms with Gasteiger partial charge in [0.15, 0.2) is 0 Å². The van der Waals surface area contributed by atoms with Crippen molar-refractivity contribution in [2.24, 2.45) is 0 Å². The Hall–Kier alpha value is -2.62. The standard InChI is InChI=1S/C19H21N3O/c1-22-12-2-3-17-13-15(4-6-18(17)22)5-7-19(23)21-14-16-8-10-20-11-9-16/h4-11,13H,2-3,12,14H2,1H3,(H,21,23)/b7-5+. The number of fused-ring (bicyclic) bond motifs is 1. The Morgan fingerprint density at radius 1 is 1.30 bits per heavy atom. The Balaban J connectivity index is 1.60. The molecule has 0 bridgehead atoms. The first-order valence-corrected chi connectivity index (χ1v) is 7.91. The number of amides is 1. The van der Waals surface area contributed by atoms with E-state index in [2.05, 4.69) is 40.4 Å². The normalized spacial score (nSPS) is 13.9. The largest absolute Gasteiger partial charge is 0.374 e. The van der Waals surface area contributed by atoms with Crippen LogP contribution in [0.5, 0.6) is 0 Å². The summed E-state index contributed by atoms with van der Waals surface area (Å²) >= 11 is 0. The third-order valence-electron chi connectivity index (χ3n) is 4.10. The summed E-state index contributed by atoms with van der Waals surface area (Å²) < 4.78 is 0. The molecular weight excluding hydrogens is 286 g/mol. The van der Waals surface area contributed by atoms with E-state index < -0.39 is 0 Å². The number of nitrogens with one attached hydrogen (secondary N) is 1. The van der Waals surface area contributed by atoms with E-state index in [-0.39, 0.29) is 5.91 Å². The fourth-order valence-electron chi connectivity index (χ4n) is 2.83. The smallest absolute Gasteiger partial charge is 0.244 e. The Morgan fingerprint density at radius 3 is 2.96 bits per heavy atom. The molecule has 4 heteroatoms. The molecule has 1 aromatic carbocycles. The summed E-state index contributed by atoms with van der Waals surface area (Å²) in [5.74, 6) is -0.0864. The molecule has 0 spiro atoms. The summed E-state index contributed by atoms with van der Waals surface area (Å²) in [4.78, 5) is 18.2. The summed E-state index contributed by atoms with van der Waals surface area (Å²) in [5.41, 5.74) is 4.77. The lowest BCUT2D eigenvalue weighted by atomic mass is 9.99. The topological polar surface area (TPSA) is 45.2 Å². The molecule has 3 rings (SSSR count). The second-order valence-corrected chi connectivity index (χ2v) is 5.82. The molecule has 1 aliphatic heterocycles. The molecule has 0 unspecified atom stereocenters. The minimum Gasteiger partial charge on any atom is -0.374 e. The summed E-state index contributed by atoms with van der Waals surface area (Å²) in [6.45, 7) is 1.63. The van der Waals surface area contributed by atoms with Gasteiger partial charge in [0.2, 0.25) is 5.91 Å². The number of hydrogen-bond donors (Lipinski definition) is 1. The van der Waals surface area contributed by atoms with Gasteiger partial charge in [-0.3, -0.25) is 9.78 Å². The molecule has 0 atom stereocenters. The SMILES string of the molecule is CN1CCCc2cc(/C=C/C(=O)NCc3ccncc3)ccc21. The first-order chi connectivity index (χ1) is 11.2. The van der Waals surface area contributed by atoms with Gasteiger partial charge in [0.1, 0.15) is 0 Å². The maximum absolute atomic E-state index is 11.9. The number of rotatable bonds is 4. The van der Waals surface area contributed by atoms with Crippen LogP contribution >= 0.6 is 0 Å². The van der Waals surface area contributed by atoms with Gasteiger partial charge < -0.3 is 10.2 Å². The molecule has 1 amide bonds. The van der Waals surface area contributed by atoms with Gasteiger partial charge in [-0.05, 0) is 59.9 Å². The Morgan fingerprint density at radius 2 is 2.13 bits per heavy atom. The van der Waals surface area contributed by atoms with Crippen LogP contribution in [0.15, 0.2) is 48.8 Å². The molecule has 23 heavy (non-hydrogen) atoms. The van der Waals surface area contributed by atoms with E-state index in [0.29, 0.717) is 6.54 Å². The molecule has 1 N–H and O–H groups in total. The van der Waals surface area contributed by atoms with Crippen molar-refractivity contribution in [1.82, 2.24) is 10.3 Å². The van der Waals surface area contributed by atoms with Crippen molar-refractivity contribution in [3.63, 3.8) is 0 Å². The number of benzene rings is 1. The van der Waals surface area contributed by atoms with E-state index in [0.717, 1.165) is 24.1 Å². The van der Waals surface area contributed by atoms with Gasteiger partial charge in [-0.25, -0.2) is 0 Å². The highest BCUT2D eigenvalue weighted by molar-refractivity contribution is 5.91. The molecule has 1 aromatic heterocycles. The van der Waals surface area contributed by atoms with Crippen LogP contribution < -0.4 is 10.2 Å². The van der Waals surface area contributed by atoms with Gasteiger partial charge in [0.05, 0.1) is 0 Å². The van der Waals surface area contributed by atoms with E-state index in [4.69, 9.17) is 0 Å². The van der Waals surface area contributed by atoms with Crippen LogP contribution in [0.4, 0.5) is 5.69 Å². The molecule has 0 fully saturated rings. The number of aryl methyl sites for hydroxylation is 1. The maximum Gasteiger partial charge on any atom is 0.244 e. The minimum absolute atomic E-state index is 0.0864. The highest BCUT2D eigenvalue weighted by Crippen LogP contribution is 2.27. The first-order valence-electron chi connectivity index (χ1n) is 7.91. The lowest BCUT2D eigenvalue weighted by molar-refractivity contribution is -0.116. The second kappa shape index (κ2) is 7.09. The number of aromatic nitrogens is 1. The van der Waals surface area contributed by atoms with E-state index in [1.165, 1.54) is 17.7 Å². The van der Waals surface area contributed by atoms with Crippen LogP contribution in [0.2, 0.25) is 0 Å². The summed E-state index contributed by atoms with van der Waals surface area (Å²) in [7, 11) is 2.13. The molecule has 0 aliphatic carbocycles. The third kappa shape index (κ3) is 3.97. The van der Waals surface area contributed by atoms with E-state index in [9.17, 15) is 4.79 Å². The predicted molar refractivity (Wildman–Crippen MR) is 93.2 cm³/mol. The average molecular weight is 307 g/mol. The van der Waals surface area contributed by atoms with Gasteiger partial charge >= 0.3 is 0 Å². The number of nitrogens with zero attached hydrogens (tertiary/aromatic N) is 2. The molecule has 0 saturated carbocycles. The van der Waals surface area contributed by atoms with Gasteiger partial charge in [0, 0.05) is 44.3 Å². The van der Waals surface area contributed by atoms with Gasteiger partial charge in [-0.2, -0.15) is 0 Å². The zero-order chi connectivity index (χ0) is 16.1. The fraction of sp³-hybridized carbons (Fsp3) is 0.263. The predicted octanol–water partition coefficient (Wildman–Crippen LogP) is 2.79. The van der Waals surface area contributed by atoms with Crippen LogP contribution in [0, 0.1) is 0 Å². The van der Waals surface area contributed by atoms with Crippen molar-refractivity contribution in [2.75, 3.05) is 18.5 Å². The van der Waals surface area contributed by atoms with Crippen molar-refractivity contribution < 1.29 is 4.79 Å². The third-order valence-corrected chi connectivity index (χ3v) is 4.10. The number of pyridine rings is 1. The van der Waals surface area contributed by atoms with Gasteiger partial charge in [-0.1, -0.05) is 6.07 Å². The monoisotopic (exact) mass is 307 g/mol. The number of anilines is 1. The number of carbonyl (C=O) groups excluding carboxylic acids is 1. The van der Waals surface area contributed by atoms with Gasteiger partial charge in [0.25, 0.3) is 0 Å². The zero-order valence-electron chi connectivity index (χ0n) is 13.3. The van der Waals surface area contributed by atoms with Crippen LogP contribution in [0.25, 0.3) is 6.08 Å². The van der Waals surface area contributed by atoms with Crippen molar-refractivity contribution >= 4 is 17.7 Å². The number of hydrogen-bond acceptors (Lipinski definition) is 3.